The topological polar surface area (TPSA) is 102 Å². The Morgan fingerprint density at radius 1 is 1.18 bits per heavy atom. The Morgan fingerprint density at radius 2 is 1.91 bits per heavy atom. The summed E-state index contributed by atoms with van der Waals surface area (Å²) in [7, 11) is 1.40. The number of piperidine rings is 1. The molecule has 1 aliphatic rings. The van der Waals surface area contributed by atoms with Crippen molar-refractivity contribution >= 4 is 34.3 Å². The molecule has 0 radical (unpaired) electrons. The normalized spacial score (nSPS) is 15.2. The van der Waals surface area contributed by atoms with E-state index in [0.29, 0.717) is 48.1 Å². The number of rotatable bonds is 6. The first kappa shape index (κ1) is 22.7. The molecule has 3 aromatic rings. The molecular formula is C24H25N3O5S. The average molecular weight is 468 g/mol. The molecule has 2 aromatic heterocycles. The van der Waals surface area contributed by atoms with Crippen LogP contribution in [0.5, 0.6) is 0 Å². The predicted octanol–water partition coefficient (Wildman–Crippen LogP) is 3.57. The van der Waals surface area contributed by atoms with Gasteiger partial charge in [-0.05, 0) is 31.4 Å². The van der Waals surface area contributed by atoms with Crippen molar-refractivity contribution in [2.75, 3.05) is 25.5 Å². The molecule has 172 valence electrons. The van der Waals surface area contributed by atoms with Crippen LogP contribution >= 0.6 is 11.3 Å². The van der Waals surface area contributed by atoms with Crippen molar-refractivity contribution in [3.8, 4) is 0 Å². The van der Waals surface area contributed by atoms with Crippen molar-refractivity contribution in [2.24, 2.45) is 0 Å². The van der Waals surface area contributed by atoms with Crippen LogP contribution in [0.3, 0.4) is 0 Å². The number of nitrogens with one attached hydrogen (secondary N) is 1. The van der Waals surface area contributed by atoms with Gasteiger partial charge in [0.2, 0.25) is 5.91 Å². The number of hydrogen-bond acceptors (Lipinski definition) is 7. The van der Waals surface area contributed by atoms with E-state index < -0.39 is 5.41 Å². The molecule has 0 saturated carbocycles. The molecule has 0 spiro atoms. The van der Waals surface area contributed by atoms with Gasteiger partial charge >= 0.3 is 5.97 Å². The van der Waals surface area contributed by atoms with E-state index in [4.69, 9.17) is 9.15 Å². The number of aryl methyl sites for hydroxylation is 1. The number of ether oxygens (including phenoxy) is 1. The first-order valence-corrected chi connectivity index (χ1v) is 11.5. The fraction of sp³-hybridized carbons (Fsp3) is 0.333. The molecule has 4 rings (SSSR count). The lowest BCUT2D eigenvalue weighted by Crippen LogP contribution is -2.49. The summed E-state index contributed by atoms with van der Waals surface area (Å²) in [4.78, 5) is 44.0. The number of furan rings is 1. The van der Waals surface area contributed by atoms with Gasteiger partial charge in [-0.3, -0.25) is 19.7 Å². The lowest BCUT2D eigenvalue weighted by molar-refractivity contribution is -0.151. The van der Waals surface area contributed by atoms with Crippen molar-refractivity contribution in [2.45, 2.75) is 31.6 Å². The van der Waals surface area contributed by atoms with Crippen molar-refractivity contribution in [3.63, 3.8) is 0 Å². The smallest absolute Gasteiger partial charge is 0.316 e. The van der Waals surface area contributed by atoms with Crippen molar-refractivity contribution in [1.29, 1.82) is 0 Å². The van der Waals surface area contributed by atoms with Crippen molar-refractivity contribution in [3.05, 3.63) is 70.6 Å². The Bertz CT molecular complexity index is 1150. The molecule has 0 aliphatic carbocycles. The summed E-state index contributed by atoms with van der Waals surface area (Å²) in [6.45, 7) is 2.62. The summed E-state index contributed by atoms with van der Waals surface area (Å²) in [5.74, 6) is -0.100. The van der Waals surface area contributed by atoms with E-state index in [-0.39, 0.29) is 24.2 Å². The number of amides is 2. The van der Waals surface area contributed by atoms with Gasteiger partial charge in [-0.15, -0.1) is 11.3 Å². The number of aromatic nitrogens is 1. The van der Waals surface area contributed by atoms with Gasteiger partial charge in [0.15, 0.2) is 5.13 Å². The number of carbonyl (C=O) groups excluding carboxylic acids is 3. The number of thiazole rings is 1. The zero-order chi connectivity index (χ0) is 23.4. The van der Waals surface area contributed by atoms with Gasteiger partial charge in [0.05, 0.1) is 36.5 Å². The molecule has 8 nitrogen and oxygen atoms in total. The summed E-state index contributed by atoms with van der Waals surface area (Å²) >= 11 is 1.27. The first-order chi connectivity index (χ1) is 15.9. The van der Waals surface area contributed by atoms with Gasteiger partial charge in [-0.1, -0.05) is 30.3 Å². The fourth-order valence-electron chi connectivity index (χ4n) is 4.20. The second kappa shape index (κ2) is 9.58. The first-order valence-electron chi connectivity index (χ1n) is 10.6. The molecule has 0 bridgehead atoms. The van der Waals surface area contributed by atoms with E-state index in [9.17, 15) is 14.4 Å². The quantitative estimate of drug-likeness (QED) is 0.556. The highest BCUT2D eigenvalue weighted by molar-refractivity contribution is 7.14. The molecule has 1 N–H and O–H groups in total. The standard InChI is InChI=1S/C24H25N3O5S/c1-16-19(8-13-32-16)21(29)26-23-25-18(15-33-23)14-20(28)27-11-9-24(10-12-27,22(30)31-2)17-6-4-3-5-7-17/h3-8,13,15H,9-12,14H2,1-2H3,(H,25,26,29). The predicted molar refractivity (Wildman–Crippen MR) is 123 cm³/mol. The summed E-state index contributed by atoms with van der Waals surface area (Å²) in [6.07, 6.45) is 2.59. The van der Waals surface area contributed by atoms with Crippen LogP contribution in [0.25, 0.3) is 0 Å². The van der Waals surface area contributed by atoms with Gasteiger partial charge in [0, 0.05) is 18.5 Å². The Kier molecular flexibility index (Phi) is 6.60. The van der Waals surface area contributed by atoms with Gasteiger partial charge in [0.25, 0.3) is 5.91 Å². The van der Waals surface area contributed by atoms with E-state index in [1.54, 1.807) is 23.3 Å². The minimum Gasteiger partial charge on any atom is -0.469 e. The minimum absolute atomic E-state index is 0.0598. The van der Waals surface area contributed by atoms with Gasteiger partial charge in [0.1, 0.15) is 5.76 Å². The number of anilines is 1. The lowest BCUT2D eigenvalue weighted by atomic mass is 9.72. The van der Waals surface area contributed by atoms with Crippen LogP contribution in [0.1, 0.15) is 40.2 Å². The van der Waals surface area contributed by atoms with E-state index in [2.05, 4.69) is 10.3 Å². The second-order valence-electron chi connectivity index (χ2n) is 7.99. The Labute approximate surface area is 195 Å². The number of likely N-dealkylation sites (tertiary alicyclic amines) is 1. The Balaban J connectivity index is 1.37. The summed E-state index contributed by atoms with van der Waals surface area (Å²) in [5, 5.41) is 4.93. The summed E-state index contributed by atoms with van der Waals surface area (Å²) in [6, 6.07) is 11.2. The Morgan fingerprint density at radius 3 is 2.55 bits per heavy atom. The van der Waals surface area contributed by atoms with E-state index in [1.807, 2.05) is 30.3 Å². The van der Waals surface area contributed by atoms with Crippen molar-refractivity contribution in [1.82, 2.24) is 9.88 Å². The fourth-order valence-corrected chi connectivity index (χ4v) is 4.90. The molecule has 1 fully saturated rings. The zero-order valence-corrected chi connectivity index (χ0v) is 19.3. The number of methoxy groups -OCH3 is 1. The molecule has 0 atom stereocenters. The molecule has 9 heteroatoms. The lowest BCUT2D eigenvalue weighted by Gasteiger charge is -2.40. The van der Waals surface area contributed by atoms with E-state index >= 15 is 0 Å². The highest BCUT2D eigenvalue weighted by Gasteiger charge is 2.44. The van der Waals surface area contributed by atoms with E-state index in [0.717, 1.165) is 5.56 Å². The van der Waals surface area contributed by atoms with Crippen LogP contribution < -0.4 is 5.32 Å². The maximum Gasteiger partial charge on any atom is 0.316 e. The van der Waals surface area contributed by atoms with Crippen LogP contribution in [0, 0.1) is 6.92 Å². The number of nitrogens with zero attached hydrogens (tertiary/aromatic N) is 2. The molecule has 1 saturated heterocycles. The number of hydrogen-bond donors (Lipinski definition) is 1. The third-order valence-corrected chi connectivity index (χ3v) is 6.89. The largest absolute Gasteiger partial charge is 0.469 e. The minimum atomic E-state index is -0.740. The number of esters is 1. The number of carbonyl (C=O) groups is 3. The zero-order valence-electron chi connectivity index (χ0n) is 18.5. The highest BCUT2D eigenvalue weighted by Crippen LogP contribution is 2.37. The molecular weight excluding hydrogens is 442 g/mol. The van der Waals surface area contributed by atoms with Crippen LogP contribution in [-0.4, -0.2) is 47.9 Å². The third kappa shape index (κ3) is 4.68. The summed E-state index contributed by atoms with van der Waals surface area (Å²) < 4.78 is 10.3. The molecule has 2 amide bonds. The van der Waals surface area contributed by atoms with Gasteiger partial charge in [-0.25, -0.2) is 4.98 Å². The Hall–Kier alpha value is -3.46. The third-order valence-electron chi connectivity index (χ3n) is 6.08. The van der Waals surface area contributed by atoms with Gasteiger partial charge < -0.3 is 14.1 Å². The van der Waals surface area contributed by atoms with Gasteiger partial charge in [-0.2, -0.15) is 0 Å². The maximum atomic E-state index is 12.9. The molecule has 1 aliphatic heterocycles. The van der Waals surface area contributed by atoms with Crippen LogP contribution in [0.2, 0.25) is 0 Å². The molecule has 3 heterocycles. The monoisotopic (exact) mass is 467 g/mol. The molecule has 33 heavy (non-hydrogen) atoms. The van der Waals surface area contributed by atoms with E-state index in [1.165, 1.54) is 24.7 Å². The molecule has 1 aromatic carbocycles. The second-order valence-corrected chi connectivity index (χ2v) is 8.84. The SMILES string of the molecule is COC(=O)C1(c2ccccc2)CCN(C(=O)Cc2csc(NC(=O)c3ccoc3C)n2)CC1. The highest BCUT2D eigenvalue weighted by atomic mass is 32.1. The summed E-state index contributed by atoms with van der Waals surface area (Å²) in [5.41, 5.74) is 1.22. The average Bonchev–Trinajstić information content (AvgIpc) is 3.47. The van der Waals surface area contributed by atoms with Crippen LogP contribution in [0.4, 0.5) is 5.13 Å². The van der Waals surface area contributed by atoms with Crippen LogP contribution in [0.15, 0.2) is 52.5 Å². The maximum absolute atomic E-state index is 12.9. The van der Waals surface area contributed by atoms with Crippen molar-refractivity contribution < 1.29 is 23.5 Å². The van der Waals surface area contributed by atoms with Crippen LogP contribution in [-0.2, 0) is 26.2 Å². The number of benzene rings is 1. The molecule has 0 unspecified atom stereocenters.